The van der Waals surface area contributed by atoms with Crippen molar-refractivity contribution in [1.82, 2.24) is 4.98 Å². The second kappa shape index (κ2) is 8.30. The molecule has 1 aromatic heterocycles. The number of rotatable bonds is 7. The summed E-state index contributed by atoms with van der Waals surface area (Å²) in [4.78, 5) is 27.2. The van der Waals surface area contributed by atoms with E-state index in [4.69, 9.17) is 9.47 Å². The predicted molar refractivity (Wildman–Crippen MR) is 109 cm³/mol. The van der Waals surface area contributed by atoms with Gasteiger partial charge in [-0.05, 0) is 29.2 Å². The predicted octanol–water partition coefficient (Wildman–Crippen LogP) is 4.66. The molecule has 0 radical (unpaired) electrons. The Bertz CT molecular complexity index is 964. The van der Waals surface area contributed by atoms with Crippen molar-refractivity contribution < 1.29 is 19.1 Å². The molecular formula is C23H25NO4. The molecule has 3 aromatic rings. The van der Waals surface area contributed by atoms with Crippen molar-refractivity contribution in [3.63, 3.8) is 0 Å². The molecule has 0 bridgehead atoms. The Labute approximate surface area is 164 Å². The van der Waals surface area contributed by atoms with E-state index in [1.807, 2.05) is 48.5 Å². The van der Waals surface area contributed by atoms with Gasteiger partial charge in [0.25, 0.3) is 0 Å². The Balaban J connectivity index is 1.44. The molecule has 0 aliphatic rings. The number of esters is 1. The summed E-state index contributed by atoms with van der Waals surface area (Å²) in [5.74, 6) is 0.0136. The molecule has 5 heteroatoms. The molecule has 0 saturated heterocycles. The van der Waals surface area contributed by atoms with Gasteiger partial charge in [0.2, 0.25) is 5.78 Å². The van der Waals surface area contributed by atoms with Crippen molar-refractivity contribution in [3.05, 3.63) is 65.9 Å². The maximum Gasteiger partial charge on any atom is 0.309 e. The van der Waals surface area contributed by atoms with Crippen molar-refractivity contribution in [2.24, 2.45) is 0 Å². The number of hydrogen-bond donors (Lipinski definition) is 1. The van der Waals surface area contributed by atoms with Gasteiger partial charge >= 0.3 is 5.97 Å². The summed E-state index contributed by atoms with van der Waals surface area (Å²) in [6.45, 7) is 6.37. The molecule has 5 nitrogen and oxygen atoms in total. The molecule has 0 amide bonds. The Morgan fingerprint density at radius 1 is 1.00 bits per heavy atom. The van der Waals surface area contributed by atoms with Gasteiger partial charge in [-0.25, -0.2) is 0 Å². The number of para-hydroxylation sites is 1. The largest absolute Gasteiger partial charge is 0.493 e. The van der Waals surface area contributed by atoms with E-state index in [2.05, 4.69) is 25.8 Å². The van der Waals surface area contributed by atoms with Crippen LogP contribution in [0, 0.1) is 0 Å². The topological polar surface area (TPSA) is 68.4 Å². The highest BCUT2D eigenvalue weighted by molar-refractivity contribution is 6.08. The monoisotopic (exact) mass is 379 g/mol. The lowest BCUT2D eigenvalue weighted by atomic mass is 9.87. The van der Waals surface area contributed by atoms with Crippen molar-refractivity contribution in [2.75, 3.05) is 13.2 Å². The molecule has 1 heterocycles. The number of nitrogens with one attached hydrogen (secondary N) is 1. The van der Waals surface area contributed by atoms with E-state index in [-0.39, 0.29) is 30.8 Å². The van der Waals surface area contributed by atoms with Gasteiger partial charge in [0.15, 0.2) is 6.61 Å². The van der Waals surface area contributed by atoms with Crippen LogP contribution in [0.3, 0.4) is 0 Å². The molecule has 0 aliphatic carbocycles. The first-order valence-electron chi connectivity index (χ1n) is 9.33. The van der Waals surface area contributed by atoms with Crippen LogP contribution in [0.1, 0.15) is 43.1 Å². The summed E-state index contributed by atoms with van der Waals surface area (Å²) < 4.78 is 10.7. The molecule has 146 valence electrons. The second-order valence-corrected chi connectivity index (χ2v) is 7.70. The lowest BCUT2D eigenvalue weighted by Crippen LogP contribution is -2.16. The fourth-order valence-electron chi connectivity index (χ4n) is 2.90. The van der Waals surface area contributed by atoms with Crippen LogP contribution in [0.25, 0.3) is 10.9 Å². The second-order valence-electron chi connectivity index (χ2n) is 7.70. The number of fused-ring (bicyclic) bond motifs is 1. The molecule has 0 aliphatic heterocycles. The molecule has 0 spiro atoms. The van der Waals surface area contributed by atoms with Crippen LogP contribution < -0.4 is 4.74 Å². The summed E-state index contributed by atoms with van der Waals surface area (Å²) in [5.41, 5.74) is 2.70. The van der Waals surface area contributed by atoms with Crippen LogP contribution in [0.5, 0.6) is 5.75 Å². The quantitative estimate of drug-likeness (QED) is 0.479. The zero-order valence-electron chi connectivity index (χ0n) is 16.5. The molecule has 0 saturated carbocycles. The number of H-pyrrole nitrogens is 1. The van der Waals surface area contributed by atoms with Crippen LogP contribution >= 0.6 is 0 Å². The summed E-state index contributed by atoms with van der Waals surface area (Å²) >= 11 is 0. The molecule has 0 fully saturated rings. The summed E-state index contributed by atoms with van der Waals surface area (Å²) in [6.07, 6.45) is 1.73. The van der Waals surface area contributed by atoms with Crippen molar-refractivity contribution in [2.45, 2.75) is 32.6 Å². The van der Waals surface area contributed by atoms with Gasteiger partial charge in [0, 0.05) is 22.7 Å². The van der Waals surface area contributed by atoms with E-state index >= 15 is 0 Å². The lowest BCUT2D eigenvalue weighted by molar-refractivity contribution is -0.143. The third-order valence-electron chi connectivity index (χ3n) is 4.55. The van der Waals surface area contributed by atoms with E-state index < -0.39 is 5.97 Å². The van der Waals surface area contributed by atoms with E-state index in [0.29, 0.717) is 11.3 Å². The molecule has 0 atom stereocenters. The number of ether oxygens (including phenoxy) is 2. The van der Waals surface area contributed by atoms with Gasteiger partial charge < -0.3 is 14.5 Å². The van der Waals surface area contributed by atoms with E-state index in [0.717, 1.165) is 10.9 Å². The molecule has 1 N–H and O–H groups in total. The number of carbonyl (C=O) groups excluding carboxylic acids is 2. The zero-order valence-corrected chi connectivity index (χ0v) is 16.5. The summed E-state index contributed by atoms with van der Waals surface area (Å²) in [6, 6.07) is 15.3. The van der Waals surface area contributed by atoms with E-state index in [9.17, 15) is 9.59 Å². The first-order valence-corrected chi connectivity index (χ1v) is 9.33. The third-order valence-corrected chi connectivity index (χ3v) is 4.55. The molecule has 0 unspecified atom stereocenters. The maximum atomic E-state index is 12.3. The number of Topliss-reactive ketones (excluding diaryl/α,β-unsaturated/α-hetero) is 1. The van der Waals surface area contributed by atoms with E-state index in [1.165, 1.54) is 5.56 Å². The third kappa shape index (κ3) is 4.80. The number of benzene rings is 2. The Kier molecular flexibility index (Phi) is 5.83. The fraction of sp³-hybridized carbons (Fsp3) is 0.304. The smallest absolute Gasteiger partial charge is 0.309 e. The van der Waals surface area contributed by atoms with Gasteiger partial charge in [-0.15, -0.1) is 0 Å². The highest BCUT2D eigenvalue weighted by atomic mass is 16.5. The number of aromatic amines is 1. The summed E-state index contributed by atoms with van der Waals surface area (Å²) in [5, 5.41) is 0.825. The minimum atomic E-state index is -0.459. The Morgan fingerprint density at radius 2 is 1.71 bits per heavy atom. The Morgan fingerprint density at radius 3 is 2.43 bits per heavy atom. The van der Waals surface area contributed by atoms with Gasteiger partial charge in [-0.2, -0.15) is 0 Å². The number of ketones is 1. The zero-order chi connectivity index (χ0) is 20.1. The van der Waals surface area contributed by atoms with Crippen LogP contribution in [0.4, 0.5) is 0 Å². The number of hydrogen-bond acceptors (Lipinski definition) is 4. The van der Waals surface area contributed by atoms with Gasteiger partial charge in [0.05, 0.1) is 13.0 Å². The average molecular weight is 379 g/mol. The molecule has 28 heavy (non-hydrogen) atoms. The SMILES string of the molecule is CC(C)(C)c1ccc(OCCC(=O)OCC(=O)c2c[nH]c3ccccc23)cc1. The number of carbonyl (C=O) groups is 2. The van der Waals surface area contributed by atoms with Crippen LogP contribution in [-0.4, -0.2) is 30.0 Å². The van der Waals surface area contributed by atoms with Gasteiger partial charge in [0.1, 0.15) is 5.75 Å². The highest BCUT2D eigenvalue weighted by Gasteiger charge is 2.15. The van der Waals surface area contributed by atoms with Gasteiger partial charge in [-0.3, -0.25) is 9.59 Å². The van der Waals surface area contributed by atoms with Crippen molar-refractivity contribution in [3.8, 4) is 5.75 Å². The lowest BCUT2D eigenvalue weighted by Gasteiger charge is -2.19. The first-order chi connectivity index (χ1) is 13.3. The van der Waals surface area contributed by atoms with Crippen molar-refractivity contribution in [1.29, 1.82) is 0 Å². The van der Waals surface area contributed by atoms with Crippen molar-refractivity contribution >= 4 is 22.7 Å². The normalized spacial score (nSPS) is 11.4. The highest BCUT2D eigenvalue weighted by Crippen LogP contribution is 2.24. The maximum absolute atomic E-state index is 12.3. The minimum absolute atomic E-state index is 0.0830. The molecule has 2 aromatic carbocycles. The van der Waals surface area contributed by atoms with Gasteiger partial charge in [-0.1, -0.05) is 51.1 Å². The standard InChI is InChI=1S/C23H25NO4/c1-23(2,3)16-8-10-17(11-9-16)27-13-12-22(26)28-15-21(25)19-14-24-20-7-5-4-6-18(19)20/h4-11,14,24H,12-13,15H2,1-3H3. The van der Waals surface area contributed by atoms with Crippen LogP contribution in [0.15, 0.2) is 54.7 Å². The first kappa shape index (κ1) is 19.7. The van der Waals surface area contributed by atoms with Crippen LogP contribution in [-0.2, 0) is 14.9 Å². The summed E-state index contributed by atoms with van der Waals surface area (Å²) in [7, 11) is 0. The average Bonchev–Trinajstić information content (AvgIpc) is 3.10. The number of aromatic nitrogens is 1. The Hall–Kier alpha value is -3.08. The fourth-order valence-corrected chi connectivity index (χ4v) is 2.90. The molecule has 3 rings (SSSR count). The minimum Gasteiger partial charge on any atom is -0.493 e. The molecular weight excluding hydrogens is 354 g/mol. The van der Waals surface area contributed by atoms with E-state index in [1.54, 1.807) is 6.20 Å². The van der Waals surface area contributed by atoms with Crippen LogP contribution in [0.2, 0.25) is 0 Å².